The van der Waals surface area contributed by atoms with E-state index in [1.54, 1.807) is 24.7 Å². The molecule has 1 aromatic heterocycles. The monoisotopic (exact) mass is 251 g/mol. The van der Waals surface area contributed by atoms with Crippen LogP contribution in [0.15, 0.2) is 29.9 Å². The number of aromatic nitrogens is 1. The van der Waals surface area contributed by atoms with E-state index in [0.29, 0.717) is 5.56 Å². The van der Waals surface area contributed by atoms with Crippen LogP contribution in [-0.2, 0) is 4.79 Å². The van der Waals surface area contributed by atoms with E-state index in [1.807, 2.05) is 0 Å². The molecule has 0 aliphatic rings. The SMILES string of the molecule is CC(C(=O)O)c1cc(F)ccc1-c1cncs1. The fourth-order valence-electron chi connectivity index (χ4n) is 1.60. The van der Waals surface area contributed by atoms with Crippen LogP contribution in [0.2, 0.25) is 0 Å². The van der Waals surface area contributed by atoms with Gasteiger partial charge in [0.15, 0.2) is 0 Å². The molecule has 5 heteroatoms. The first-order chi connectivity index (χ1) is 8.09. The third-order valence-electron chi connectivity index (χ3n) is 2.55. The summed E-state index contributed by atoms with van der Waals surface area (Å²) in [6.45, 7) is 1.54. The lowest BCUT2D eigenvalue weighted by atomic mass is 9.95. The number of carboxylic acid groups (broad SMARTS) is 1. The maximum absolute atomic E-state index is 13.2. The van der Waals surface area contributed by atoms with Crippen molar-refractivity contribution in [1.29, 1.82) is 0 Å². The molecule has 0 bridgehead atoms. The molecule has 2 aromatic rings. The van der Waals surface area contributed by atoms with Crippen LogP contribution in [0.4, 0.5) is 4.39 Å². The maximum Gasteiger partial charge on any atom is 0.310 e. The smallest absolute Gasteiger partial charge is 0.310 e. The lowest BCUT2D eigenvalue weighted by Gasteiger charge is -2.11. The Kier molecular flexibility index (Phi) is 3.19. The van der Waals surface area contributed by atoms with Gasteiger partial charge in [-0.25, -0.2) is 4.39 Å². The van der Waals surface area contributed by atoms with Crippen molar-refractivity contribution >= 4 is 17.3 Å². The Labute approximate surface area is 102 Å². The molecule has 0 spiro atoms. The molecule has 2 rings (SSSR count). The van der Waals surface area contributed by atoms with Crippen molar-refractivity contribution in [2.45, 2.75) is 12.8 Å². The van der Waals surface area contributed by atoms with Gasteiger partial charge < -0.3 is 5.11 Å². The first-order valence-electron chi connectivity index (χ1n) is 5.00. The van der Waals surface area contributed by atoms with Gasteiger partial charge in [0.1, 0.15) is 5.82 Å². The number of carbonyl (C=O) groups is 1. The van der Waals surface area contributed by atoms with Crippen LogP contribution in [0, 0.1) is 5.82 Å². The summed E-state index contributed by atoms with van der Waals surface area (Å²) in [7, 11) is 0. The summed E-state index contributed by atoms with van der Waals surface area (Å²) < 4.78 is 13.2. The fourth-order valence-corrected chi connectivity index (χ4v) is 2.27. The van der Waals surface area contributed by atoms with E-state index >= 15 is 0 Å². The highest BCUT2D eigenvalue weighted by Crippen LogP contribution is 2.32. The zero-order valence-electron chi connectivity index (χ0n) is 9.05. The van der Waals surface area contributed by atoms with Gasteiger partial charge in [-0.2, -0.15) is 0 Å². The van der Waals surface area contributed by atoms with Gasteiger partial charge in [0, 0.05) is 6.20 Å². The second-order valence-corrected chi connectivity index (χ2v) is 4.54. The number of hydrogen-bond donors (Lipinski definition) is 1. The number of benzene rings is 1. The van der Waals surface area contributed by atoms with Gasteiger partial charge in [-0.05, 0) is 30.2 Å². The number of nitrogens with zero attached hydrogens (tertiary/aromatic N) is 1. The van der Waals surface area contributed by atoms with Gasteiger partial charge in [-0.1, -0.05) is 6.07 Å². The zero-order valence-corrected chi connectivity index (χ0v) is 9.87. The summed E-state index contributed by atoms with van der Waals surface area (Å²) in [6.07, 6.45) is 1.65. The molecule has 0 saturated heterocycles. The Balaban J connectivity index is 2.56. The number of halogens is 1. The van der Waals surface area contributed by atoms with Gasteiger partial charge >= 0.3 is 5.97 Å². The standard InChI is InChI=1S/C12H10FNO2S/c1-7(12(15)16)10-4-8(13)2-3-9(10)11-5-14-6-17-11/h2-7H,1H3,(H,15,16). The first-order valence-corrected chi connectivity index (χ1v) is 5.88. The van der Waals surface area contributed by atoms with Gasteiger partial charge in [-0.15, -0.1) is 11.3 Å². The van der Waals surface area contributed by atoms with E-state index in [-0.39, 0.29) is 0 Å². The molecule has 0 aliphatic heterocycles. The number of hydrogen-bond acceptors (Lipinski definition) is 3. The lowest BCUT2D eigenvalue weighted by molar-refractivity contribution is -0.138. The van der Waals surface area contributed by atoms with Crippen LogP contribution < -0.4 is 0 Å². The zero-order chi connectivity index (χ0) is 12.4. The Morgan fingerprint density at radius 2 is 2.29 bits per heavy atom. The van der Waals surface area contributed by atoms with E-state index in [2.05, 4.69) is 4.98 Å². The molecular weight excluding hydrogens is 241 g/mol. The minimum atomic E-state index is -0.971. The minimum absolute atomic E-state index is 0.429. The number of rotatable bonds is 3. The summed E-state index contributed by atoms with van der Waals surface area (Å²) in [6, 6.07) is 4.19. The van der Waals surface area contributed by atoms with Crippen molar-refractivity contribution in [3.8, 4) is 10.4 Å². The summed E-state index contributed by atoms with van der Waals surface area (Å²) in [5.41, 5.74) is 2.86. The molecule has 1 N–H and O–H groups in total. The van der Waals surface area contributed by atoms with Crippen LogP contribution >= 0.6 is 11.3 Å². The number of aliphatic carboxylic acids is 1. The summed E-state index contributed by atoms with van der Waals surface area (Å²) >= 11 is 1.40. The van der Waals surface area contributed by atoms with E-state index in [9.17, 15) is 9.18 Å². The summed E-state index contributed by atoms with van der Waals surface area (Å²) in [4.78, 5) is 15.8. The second kappa shape index (κ2) is 4.63. The molecule has 0 amide bonds. The van der Waals surface area contributed by atoms with E-state index in [4.69, 9.17) is 5.11 Å². The third kappa shape index (κ3) is 2.34. The molecule has 1 atom stereocenters. The summed E-state index contributed by atoms with van der Waals surface area (Å²) in [5.74, 6) is -2.15. The minimum Gasteiger partial charge on any atom is -0.481 e. The molecule has 0 radical (unpaired) electrons. The van der Waals surface area contributed by atoms with Crippen molar-refractivity contribution in [2.24, 2.45) is 0 Å². The molecule has 0 aliphatic carbocycles. The highest BCUT2D eigenvalue weighted by Gasteiger charge is 2.19. The van der Waals surface area contributed by atoms with E-state index in [0.717, 1.165) is 10.4 Å². The van der Waals surface area contributed by atoms with Crippen molar-refractivity contribution in [2.75, 3.05) is 0 Å². The molecule has 1 aromatic carbocycles. The van der Waals surface area contributed by atoms with Crippen molar-refractivity contribution < 1.29 is 14.3 Å². The quantitative estimate of drug-likeness (QED) is 0.911. The van der Waals surface area contributed by atoms with Crippen molar-refractivity contribution in [3.63, 3.8) is 0 Å². The molecular formula is C12H10FNO2S. The van der Waals surface area contributed by atoms with Crippen molar-refractivity contribution in [1.82, 2.24) is 4.98 Å². The second-order valence-electron chi connectivity index (χ2n) is 3.66. The topological polar surface area (TPSA) is 50.2 Å². The molecule has 88 valence electrons. The van der Waals surface area contributed by atoms with Crippen LogP contribution in [0.5, 0.6) is 0 Å². The third-order valence-corrected chi connectivity index (χ3v) is 3.35. The van der Waals surface area contributed by atoms with E-state index in [1.165, 1.54) is 23.5 Å². The van der Waals surface area contributed by atoms with Gasteiger partial charge in [0.25, 0.3) is 0 Å². The molecule has 3 nitrogen and oxygen atoms in total. The number of carboxylic acids is 1. The van der Waals surface area contributed by atoms with Crippen LogP contribution in [0.3, 0.4) is 0 Å². The average molecular weight is 251 g/mol. The lowest BCUT2D eigenvalue weighted by Crippen LogP contribution is -2.09. The predicted octanol–water partition coefficient (Wildman–Crippen LogP) is 3.14. The molecule has 0 saturated carbocycles. The largest absolute Gasteiger partial charge is 0.481 e. The van der Waals surface area contributed by atoms with Crippen molar-refractivity contribution in [3.05, 3.63) is 41.3 Å². The molecule has 0 fully saturated rings. The highest BCUT2D eigenvalue weighted by atomic mass is 32.1. The Hall–Kier alpha value is -1.75. The molecule has 17 heavy (non-hydrogen) atoms. The maximum atomic E-state index is 13.2. The van der Waals surface area contributed by atoms with Gasteiger partial charge in [0.2, 0.25) is 0 Å². The molecule has 1 heterocycles. The highest BCUT2D eigenvalue weighted by molar-refractivity contribution is 7.13. The first kappa shape index (κ1) is 11.7. The molecule has 1 unspecified atom stereocenters. The summed E-state index contributed by atoms with van der Waals surface area (Å²) in [5, 5.41) is 9.01. The van der Waals surface area contributed by atoms with Crippen LogP contribution in [-0.4, -0.2) is 16.1 Å². The van der Waals surface area contributed by atoms with Crippen LogP contribution in [0.25, 0.3) is 10.4 Å². The van der Waals surface area contributed by atoms with Gasteiger partial charge in [-0.3, -0.25) is 9.78 Å². The average Bonchev–Trinajstić information content (AvgIpc) is 2.81. The Bertz CT molecular complexity index is 539. The van der Waals surface area contributed by atoms with Crippen LogP contribution in [0.1, 0.15) is 18.4 Å². The Morgan fingerprint density at radius 1 is 1.53 bits per heavy atom. The Morgan fingerprint density at radius 3 is 2.88 bits per heavy atom. The fraction of sp³-hybridized carbons (Fsp3) is 0.167. The van der Waals surface area contributed by atoms with Gasteiger partial charge in [0.05, 0.1) is 16.3 Å². The normalized spacial score (nSPS) is 12.4. The predicted molar refractivity (Wildman–Crippen MR) is 63.6 cm³/mol. The van der Waals surface area contributed by atoms with E-state index < -0.39 is 17.7 Å². The number of thiazole rings is 1.